The topological polar surface area (TPSA) is 79.7 Å². The highest BCUT2D eigenvalue weighted by Gasteiger charge is 2.47. The number of aliphatic hydroxyl groups is 1. The molecule has 1 N–H and O–H groups in total. The van der Waals surface area contributed by atoms with Crippen molar-refractivity contribution in [2.24, 2.45) is 0 Å². The van der Waals surface area contributed by atoms with Gasteiger partial charge in [-0.1, -0.05) is 23.7 Å². The second-order valence-corrected chi connectivity index (χ2v) is 7.80. The molecule has 1 unspecified atom stereocenters. The van der Waals surface area contributed by atoms with Gasteiger partial charge in [-0.15, -0.1) is 11.3 Å². The Hall–Kier alpha value is -3.16. The van der Waals surface area contributed by atoms with Crippen LogP contribution in [0.15, 0.2) is 65.7 Å². The molecule has 2 heterocycles. The van der Waals surface area contributed by atoms with Crippen molar-refractivity contribution in [1.29, 1.82) is 0 Å². The molecule has 6 nitrogen and oxygen atoms in total. The first-order valence-electron chi connectivity index (χ1n) is 9.20. The van der Waals surface area contributed by atoms with Gasteiger partial charge in [0.25, 0.3) is 5.78 Å². The molecule has 1 aromatic heterocycles. The SMILES string of the molecule is CCOc1ccc(/C(O)=C2\C(=O)C(=O)N(c3nccs3)C2c2ccc(Cl)cc2)cc1. The molecular formula is C22H17ClN2O4S. The number of carbonyl (C=O) groups excluding carboxylic acids is 2. The van der Waals surface area contributed by atoms with Crippen LogP contribution in [0.3, 0.4) is 0 Å². The number of halogens is 1. The van der Waals surface area contributed by atoms with E-state index < -0.39 is 17.7 Å². The van der Waals surface area contributed by atoms with Crippen LogP contribution in [0.5, 0.6) is 5.75 Å². The number of thiazole rings is 1. The number of ether oxygens (including phenoxy) is 1. The van der Waals surface area contributed by atoms with Gasteiger partial charge in [-0.05, 0) is 48.9 Å². The molecule has 1 atom stereocenters. The van der Waals surface area contributed by atoms with E-state index in [9.17, 15) is 14.7 Å². The zero-order chi connectivity index (χ0) is 21.3. The number of amides is 1. The van der Waals surface area contributed by atoms with Gasteiger partial charge in [0.05, 0.1) is 18.2 Å². The fraction of sp³-hybridized carbons (Fsp3) is 0.136. The summed E-state index contributed by atoms with van der Waals surface area (Å²) in [7, 11) is 0. The molecular weight excluding hydrogens is 424 g/mol. The number of nitrogens with zero attached hydrogens (tertiary/aromatic N) is 2. The smallest absolute Gasteiger partial charge is 0.301 e. The van der Waals surface area contributed by atoms with Crippen LogP contribution in [0, 0.1) is 0 Å². The number of benzene rings is 2. The van der Waals surface area contributed by atoms with E-state index >= 15 is 0 Å². The summed E-state index contributed by atoms with van der Waals surface area (Å²) in [4.78, 5) is 31.4. The molecule has 152 valence electrons. The van der Waals surface area contributed by atoms with E-state index in [1.807, 2.05) is 6.92 Å². The van der Waals surface area contributed by atoms with Crippen molar-refractivity contribution in [1.82, 2.24) is 4.98 Å². The second-order valence-electron chi connectivity index (χ2n) is 6.49. The minimum Gasteiger partial charge on any atom is -0.507 e. The van der Waals surface area contributed by atoms with Crippen LogP contribution in [-0.2, 0) is 9.59 Å². The Kier molecular flexibility index (Phi) is 5.57. The molecule has 1 fully saturated rings. The van der Waals surface area contributed by atoms with Crippen molar-refractivity contribution in [2.75, 3.05) is 11.5 Å². The first-order valence-corrected chi connectivity index (χ1v) is 10.5. The minimum absolute atomic E-state index is 0.00156. The Bertz CT molecular complexity index is 1110. The maximum atomic E-state index is 13.0. The Balaban J connectivity index is 1.86. The van der Waals surface area contributed by atoms with E-state index in [1.165, 1.54) is 16.2 Å². The van der Waals surface area contributed by atoms with Crippen LogP contribution in [-0.4, -0.2) is 28.4 Å². The number of carbonyl (C=O) groups is 2. The van der Waals surface area contributed by atoms with Crippen LogP contribution in [0.2, 0.25) is 5.02 Å². The summed E-state index contributed by atoms with van der Waals surface area (Å²) in [6.45, 7) is 2.39. The Morgan fingerprint density at radius 1 is 1.17 bits per heavy atom. The van der Waals surface area contributed by atoms with E-state index in [2.05, 4.69) is 4.98 Å². The molecule has 30 heavy (non-hydrogen) atoms. The van der Waals surface area contributed by atoms with Crippen molar-refractivity contribution in [3.63, 3.8) is 0 Å². The predicted octanol–water partition coefficient (Wildman–Crippen LogP) is 4.82. The molecule has 2 aromatic carbocycles. The fourth-order valence-corrected chi connectivity index (χ4v) is 4.15. The standard InChI is InChI=1S/C22H17ClN2O4S/c1-2-29-16-9-5-14(6-10-16)19(26)17-18(13-3-7-15(23)8-4-13)25(21(28)20(17)27)22-24-11-12-30-22/h3-12,18,26H,2H2,1H3/b19-17+. The average molecular weight is 441 g/mol. The second kappa shape index (κ2) is 8.30. The van der Waals surface area contributed by atoms with Crippen molar-refractivity contribution >= 4 is 45.5 Å². The van der Waals surface area contributed by atoms with Gasteiger partial charge in [0, 0.05) is 22.2 Å². The van der Waals surface area contributed by atoms with Gasteiger partial charge < -0.3 is 9.84 Å². The Morgan fingerprint density at radius 2 is 1.87 bits per heavy atom. The molecule has 1 aliphatic heterocycles. The van der Waals surface area contributed by atoms with Gasteiger partial charge in [0.1, 0.15) is 11.5 Å². The molecule has 1 amide bonds. The molecule has 0 aliphatic carbocycles. The maximum absolute atomic E-state index is 13.0. The third-order valence-electron chi connectivity index (χ3n) is 4.69. The van der Waals surface area contributed by atoms with Crippen LogP contribution < -0.4 is 9.64 Å². The summed E-state index contributed by atoms with van der Waals surface area (Å²) < 4.78 is 5.43. The summed E-state index contributed by atoms with van der Waals surface area (Å²) in [5.41, 5.74) is 1.05. The predicted molar refractivity (Wildman–Crippen MR) is 116 cm³/mol. The van der Waals surface area contributed by atoms with E-state index in [-0.39, 0.29) is 11.3 Å². The third kappa shape index (κ3) is 3.58. The van der Waals surface area contributed by atoms with E-state index in [0.717, 1.165) is 0 Å². The maximum Gasteiger partial charge on any atom is 0.301 e. The zero-order valence-corrected chi connectivity index (χ0v) is 17.5. The van der Waals surface area contributed by atoms with Crippen LogP contribution >= 0.6 is 22.9 Å². The lowest BCUT2D eigenvalue weighted by atomic mass is 9.95. The summed E-state index contributed by atoms with van der Waals surface area (Å²) in [5, 5.41) is 13.7. The Labute approximate surface area is 182 Å². The molecule has 0 saturated carbocycles. The fourth-order valence-electron chi connectivity index (χ4n) is 3.36. The van der Waals surface area contributed by atoms with Crippen LogP contribution in [0.1, 0.15) is 24.1 Å². The lowest BCUT2D eigenvalue weighted by Crippen LogP contribution is -2.29. The molecule has 1 saturated heterocycles. The number of hydrogen-bond donors (Lipinski definition) is 1. The van der Waals surface area contributed by atoms with Gasteiger partial charge in [0.2, 0.25) is 0 Å². The van der Waals surface area contributed by atoms with Crippen LogP contribution in [0.25, 0.3) is 5.76 Å². The Morgan fingerprint density at radius 3 is 2.47 bits per heavy atom. The highest BCUT2D eigenvalue weighted by Crippen LogP contribution is 2.42. The highest BCUT2D eigenvalue weighted by molar-refractivity contribution is 7.14. The quantitative estimate of drug-likeness (QED) is 0.349. The third-order valence-corrected chi connectivity index (χ3v) is 5.72. The van der Waals surface area contributed by atoms with Crippen molar-refractivity contribution in [2.45, 2.75) is 13.0 Å². The number of anilines is 1. The largest absolute Gasteiger partial charge is 0.507 e. The minimum atomic E-state index is -0.819. The van der Waals surface area contributed by atoms with Gasteiger partial charge in [-0.3, -0.25) is 14.5 Å². The van der Waals surface area contributed by atoms with Crippen molar-refractivity contribution in [3.05, 3.63) is 81.8 Å². The van der Waals surface area contributed by atoms with E-state index in [0.29, 0.717) is 33.6 Å². The molecule has 4 rings (SSSR count). The number of Topliss-reactive ketones (excluding diaryl/α,β-unsaturated/α-hetero) is 1. The molecule has 0 bridgehead atoms. The van der Waals surface area contributed by atoms with Gasteiger partial charge in [-0.25, -0.2) is 4.98 Å². The first-order chi connectivity index (χ1) is 14.5. The molecule has 8 heteroatoms. The van der Waals surface area contributed by atoms with Crippen molar-refractivity contribution < 1.29 is 19.4 Å². The first kappa shape index (κ1) is 20.1. The number of aromatic nitrogens is 1. The average Bonchev–Trinajstić information content (AvgIpc) is 3.36. The highest BCUT2D eigenvalue weighted by atomic mass is 35.5. The summed E-state index contributed by atoms with van der Waals surface area (Å²) in [6.07, 6.45) is 1.56. The number of ketones is 1. The van der Waals surface area contributed by atoms with Crippen molar-refractivity contribution in [3.8, 4) is 5.75 Å². The van der Waals surface area contributed by atoms with Gasteiger partial charge in [0.15, 0.2) is 5.13 Å². The number of hydrogen-bond acceptors (Lipinski definition) is 6. The lowest BCUT2D eigenvalue weighted by molar-refractivity contribution is -0.132. The monoisotopic (exact) mass is 440 g/mol. The summed E-state index contributed by atoms with van der Waals surface area (Å²) in [5.74, 6) is -1.11. The van der Waals surface area contributed by atoms with Gasteiger partial charge >= 0.3 is 5.91 Å². The number of rotatable bonds is 5. The molecule has 0 radical (unpaired) electrons. The lowest BCUT2D eigenvalue weighted by Gasteiger charge is -2.23. The van der Waals surface area contributed by atoms with E-state index in [4.69, 9.17) is 16.3 Å². The molecule has 0 spiro atoms. The molecule has 1 aliphatic rings. The van der Waals surface area contributed by atoms with Crippen LogP contribution in [0.4, 0.5) is 5.13 Å². The van der Waals surface area contributed by atoms with Gasteiger partial charge in [-0.2, -0.15) is 0 Å². The molecule has 3 aromatic rings. The number of aliphatic hydroxyl groups excluding tert-OH is 1. The zero-order valence-electron chi connectivity index (χ0n) is 15.9. The summed E-state index contributed by atoms with van der Waals surface area (Å²) in [6, 6.07) is 12.7. The van der Waals surface area contributed by atoms with E-state index in [1.54, 1.807) is 60.1 Å². The normalized spacial score (nSPS) is 18.1. The summed E-state index contributed by atoms with van der Waals surface area (Å²) >= 11 is 7.26.